The zero-order chi connectivity index (χ0) is 11.0. The molecule has 0 radical (unpaired) electrons. The summed E-state index contributed by atoms with van der Waals surface area (Å²) in [5, 5.41) is 0. The summed E-state index contributed by atoms with van der Waals surface area (Å²) in [6.07, 6.45) is -9.02. The van der Waals surface area contributed by atoms with Crippen LogP contribution in [0.3, 0.4) is 0 Å². The van der Waals surface area contributed by atoms with Gasteiger partial charge in [0.1, 0.15) is 0 Å². The van der Waals surface area contributed by atoms with Crippen molar-refractivity contribution in [3.63, 3.8) is 0 Å². The molecule has 80 valence electrons. The third-order valence-electron chi connectivity index (χ3n) is 1.80. The van der Waals surface area contributed by atoms with Gasteiger partial charge in [-0.3, -0.25) is 0 Å². The average molecular weight is 216 g/mol. The quantitative estimate of drug-likeness (QED) is 0.541. The summed E-state index contributed by atoms with van der Waals surface area (Å²) in [6.45, 7) is 0. The first-order valence-corrected chi connectivity index (χ1v) is 3.76. The first-order valence-electron chi connectivity index (χ1n) is 3.76. The molecule has 0 spiro atoms. The lowest BCUT2D eigenvalue weighted by Gasteiger charge is -2.17. The lowest BCUT2D eigenvalue weighted by molar-refractivity contribution is -0.0986. The summed E-state index contributed by atoms with van der Waals surface area (Å²) >= 11 is 0. The van der Waals surface area contributed by atoms with Crippen LogP contribution >= 0.6 is 0 Å². The minimum atomic E-state index is -4.70. The highest BCUT2D eigenvalue weighted by Gasteiger charge is 2.39. The third kappa shape index (κ3) is 2.52. The molecule has 0 bridgehead atoms. The van der Waals surface area contributed by atoms with Gasteiger partial charge in [0.25, 0.3) is 0 Å². The van der Waals surface area contributed by atoms with E-state index in [1.165, 1.54) is 0 Å². The highest BCUT2D eigenvalue weighted by atomic mass is 19.4. The number of hydrogen-bond acceptors (Lipinski definition) is 0. The minimum Gasteiger partial charge on any atom is -0.166 e. The van der Waals surface area contributed by atoms with Crippen LogP contribution < -0.4 is 0 Å². The molecule has 0 aliphatic heterocycles. The second kappa shape index (κ2) is 3.33. The fourth-order valence-corrected chi connectivity index (χ4v) is 1.12. The summed E-state index contributed by atoms with van der Waals surface area (Å²) in [6, 6.07) is 0. The Kier molecular flexibility index (Phi) is 2.65. The largest absolute Gasteiger partial charge is 0.416 e. The van der Waals surface area contributed by atoms with E-state index in [-0.39, 0.29) is 18.9 Å². The number of halogens is 6. The van der Waals surface area contributed by atoms with Crippen LogP contribution in [0.15, 0.2) is 23.3 Å². The van der Waals surface area contributed by atoms with Crippen molar-refractivity contribution in [3.8, 4) is 0 Å². The first-order chi connectivity index (χ1) is 6.21. The fraction of sp³-hybridized carbons (Fsp3) is 0.500. The van der Waals surface area contributed by atoms with E-state index in [2.05, 4.69) is 0 Å². The van der Waals surface area contributed by atoms with Crippen molar-refractivity contribution in [1.82, 2.24) is 0 Å². The molecule has 0 aromatic carbocycles. The van der Waals surface area contributed by atoms with Crippen LogP contribution in [-0.4, -0.2) is 12.4 Å². The molecular formula is C8H6F6. The van der Waals surface area contributed by atoms with Crippen molar-refractivity contribution in [2.45, 2.75) is 25.2 Å². The lowest BCUT2D eigenvalue weighted by Crippen LogP contribution is -2.18. The van der Waals surface area contributed by atoms with Crippen LogP contribution in [0.2, 0.25) is 0 Å². The molecule has 0 saturated carbocycles. The van der Waals surface area contributed by atoms with Crippen LogP contribution in [0, 0.1) is 0 Å². The molecule has 0 heterocycles. The maximum absolute atomic E-state index is 12.0. The molecule has 1 aliphatic carbocycles. The molecule has 0 unspecified atom stereocenters. The summed E-state index contributed by atoms with van der Waals surface area (Å²) < 4.78 is 72.2. The van der Waals surface area contributed by atoms with Gasteiger partial charge in [-0.15, -0.1) is 0 Å². The SMILES string of the molecule is FC(F)(F)C1=CCCC(C(F)(F)F)=C1. The summed E-state index contributed by atoms with van der Waals surface area (Å²) in [5.41, 5.74) is -2.33. The Morgan fingerprint density at radius 3 is 1.93 bits per heavy atom. The molecule has 0 nitrogen and oxygen atoms in total. The predicted molar refractivity (Wildman–Crippen MR) is 37.5 cm³/mol. The average Bonchev–Trinajstić information content (AvgIpc) is 2.01. The number of alkyl halides is 6. The Balaban J connectivity index is 2.95. The van der Waals surface area contributed by atoms with E-state index in [1.807, 2.05) is 0 Å². The molecule has 0 aromatic heterocycles. The van der Waals surface area contributed by atoms with Crippen LogP contribution in [0.25, 0.3) is 0 Å². The second-order valence-corrected chi connectivity index (χ2v) is 2.86. The highest BCUT2D eigenvalue weighted by molar-refractivity contribution is 5.33. The molecule has 1 aliphatic rings. The van der Waals surface area contributed by atoms with Gasteiger partial charge in [0, 0.05) is 5.57 Å². The summed E-state index contributed by atoms with van der Waals surface area (Å²) in [4.78, 5) is 0. The third-order valence-corrected chi connectivity index (χ3v) is 1.80. The van der Waals surface area contributed by atoms with E-state index in [9.17, 15) is 26.3 Å². The second-order valence-electron chi connectivity index (χ2n) is 2.86. The van der Waals surface area contributed by atoms with E-state index in [1.54, 1.807) is 0 Å². The van der Waals surface area contributed by atoms with E-state index < -0.39 is 23.5 Å². The van der Waals surface area contributed by atoms with Gasteiger partial charge in [-0.2, -0.15) is 26.3 Å². The van der Waals surface area contributed by atoms with Crippen LogP contribution in [0.4, 0.5) is 26.3 Å². The molecule has 6 heteroatoms. The molecule has 0 fully saturated rings. The van der Waals surface area contributed by atoms with Crippen LogP contribution in [0.1, 0.15) is 12.8 Å². The lowest BCUT2D eigenvalue weighted by atomic mass is 9.99. The van der Waals surface area contributed by atoms with Gasteiger partial charge in [0.05, 0.1) is 5.57 Å². The maximum Gasteiger partial charge on any atom is 0.416 e. The van der Waals surface area contributed by atoms with Gasteiger partial charge in [0.15, 0.2) is 0 Å². The summed E-state index contributed by atoms with van der Waals surface area (Å²) in [5.74, 6) is 0. The van der Waals surface area contributed by atoms with E-state index in [4.69, 9.17) is 0 Å². The fourth-order valence-electron chi connectivity index (χ4n) is 1.12. The zero-order valence-electron chi connectivity index (χ0n) is 6.84. The number of rotatable bonds is 0. The molecule has 0 atom stereocenters. The van der Waals surface area contributed by atoms with Crippen LogP contribution in [0.5, 0.6) is 0 Å². The Bertz CT molecular complexity index is 277. The summed E-state index contributed by atoms with van der Waals surface area (Å²) in [7, 11) is 0. The molecule has 0 saturated heterocycles. The standard InChI is InChI=1S/C8H6F6/c9-7(10,11)5-2-1-3-6(4-5)8(12,13)14/h2,4H,1,3H2. The Morgan fingerprint density at radius 1 is 0.929 bits per heavy atom. The Morgan fingerprint density at radius 2 is 1.50 bits per heavy atom. The monoisotopic (exact) mass is 216 g/mol. The van der Waals surface area contributed by atoms with Crippen molar-refractivity contribution in [2.24, 2.45) is 0 Å². The molecule has 1 rings (SSSR count). The highest BCUT2D eigenvalue weighted by Crippen LogP contribution is 2.37. The van der Waals surface area contributed by atoms with Gasteiger partial charge >= 0.3 is 12.4 Å². The molecule has 14 heavy (non-hydrogen) atoms. The normalized spacial score (nSPS) is 19.0. The van der Waals surface area contributed by atoms with Gasteiger partial charge in [-0.25, -0.2) is 0 Å². The van der Waals surface area contributed by atoms with Crippen molar-refractivity contribution < 1.29 is 26.3 Å². The van der Waals surface area contributed by atoms with Crippen molar-refractivity contribution in [2.75, 3.05) is 0 Å². The van der Waals surface area contributed by atoms with Crippen molar-refractivity contribution in [3.05, 3.63) is 23.3 Å². The Labute approximate surface area is 75.9 Å². The number of allylic oxidation sites excluding steroid dienone is 4. The van der Waals surface area contributed by atoms with Crippen LogP contribution in [-0.2, 0) is 0 Å². The molecule has 0 amide bonds. The molecular weight excluding hydrogens is 210 g/mol. The van der Waals surface area contributed by atoms with Crippen molar-refractivity contribution in [1.29, 1.82) is 0 Å². The van der Waals surface area contributed by atoms with E-state index in [0.717, 1.165) is 6.08 Å². The molecule has 0 N–H and O–H groups in total. The molecule has 0 aromatic rings. The smallest absolute Gasteiger partial charge is 0.166 e. The minimum absolute atomic E-state index is 0.170. The topological polar surface area (TPSA) is 0 Å². The van der Waals surface area contributed by atoms with Gasteiger partial charge in [-0.05, 0) is 18.9 Å². The maximum atomic E-state index is 12.0. The van der Waals surface area contributed by atoms with E-state index >= 15 is 0 Å². The van der Waals surface area contributed by atoms with Gasteiger partial charge in [0.2, 0.25) is 0 Å². The Hall–Kier alpha value is -0.940. The predicted octanol–water partition coefficient (Wildman–Crippen LogP) is 3.76. The van der Waals surface area contributed by atoms with Crippen molar-refractivity contribution >= 4 is 0 Å². The number of hydrogen-bond donors (Lipinski definition) is 0. The zero-order valence-corrected chi connectivity index (χ0v) is 6.84. The van der Waals surface area contributed by atoms with Gasteiger partial charge < -0.3 is 0 Å². The van der Waals surface area contributed by atoms with E-state index in [0.29, 0.717) is 0 Å². The first kappa shape index (κ1) is 11.1. The van der Waals surface area contributed by atoms with Gasteiger partial charge in [-0.1, -0.05) is 6.08 Å².